The Bertz CT molecular complexity index is 588. The lowest BCUT2D eigenvalue weighted by atomic mass is 10.1. The molecule has 1 heterocycles. The van der Waals surface area contributed by atoms with Gasteiger partial charge in [0.15, 0.2) is 0 Å². The van der Waals surface area contributed by atoms with E-state index < -0.39 is 16.2 Å². The Labute approximate surface area is 125 Å². The highest BCUT2D eigenvalue weighted by Gasteiger charge is 2.16. The Kier molecular flexibility index (Phi) is 5.24. The van der Waals surface area contributed by atoms with Crippen LogP contribution in [0.25, 0.3) is 0 Å². The molecular weight excluding hydrogens is 326 g/mol. The van der Waals surface area contributed by atoms with Crippen molar-refractivity contribution in [2.24, 2.45) is 0 Å². The molecule has 1 N–H and O–H groups in total. The van der Waals surface area contributed by atoms with Crippen molar-refractivity contribution in [1.82, 2.24) is 9.88 Å². The first-order chi connectivity index (χ1) is 9.10. The van der Waals surface area contributed by atoms with E-state index in [4.69, 9.17) is 0 Å². The number of hydrogen-bond donors (Lipinski definition) is 1. The summed E-state index contributed by atoms with van der Waals surface area (Å²) in [5.41, 5.74) is -0.363. The van der Waals surface area contributed by atoms with E-state index in [0.717, 1.165) is 5.57 Å². The van der Waals surface area contributed by atoms with Crippen molar-refractivity contribution in [3.8, 4) is 0 Å². The third-order valence-corrected chi connectivity index (χ3v) is 2.93. The minimum atomic E-state index is -0.681. The van der Waals surface area contributed by atoms with Gasteiger partial charge in [0, 0.05) is 35.4 Å². The number of halogens is 1. The summed E-state index contributed by atoms with van der Waals surface area (Å²) >= 11 is 3.17. The van der Waals surface area contributed by atoms with Gasteiger partial charge in [-0.2, -0.15) is 0 Å². The molecule has 0 spiro atoms. The fraction of sp³-hybridized carbons (Fsp3) is 0.462. The lowest BCUT2D eigenvalue weighted by Gasteiger charge is -2.21. The molecule has 7 heteroatoms. The third-order valence-electron chi connectivity index (χ3n) is 2.49. The van der Waals surface area contributed by atoms with E-state index in [1.807, 2.05) is 20.8 Å². The van der Waals surface area contributed by atoms with Crippen LogP contribution in [-0.2, 0) is 6.54 Å². The number of nitro groups is 1. The molecule has 1 aromatic heterocycles. The molecule has 110 valence electrons. The smallest absolute Gasteiger partial charge is 0.308 e. The summed E-state index contributed by atoms with van der Waals surface area (Å²) in [6.45, 7) is 10.7. The van der Waals surface area contributed by atoms with Crippen molar-refractivity contribution >= 4 is 21.6 Å². The Morgan fingerprint density at radius 3 is 2.65 bits per heavy atom. The zero-order chi connectivity index (χ0) is 15.5. The van der Waals surface area contributed by atoms with E-state index in [1.54, 1.807) is 0 Å². The lowest BCUT2D eigenvalue weighted by molar-refractivity contribution is -0.386. The van der Waals surface area contributed by atoms with Gasteiger partial charge in [-0.05, 0) is 42.3 Å². The maximum Gasteiger partial charge on any atom is 0.335 e. The molecule has 1 aromatic rings. The molecule has 0 fully saturated rings. The molecule has 0 unspecified atom stereocenters. The molecule has 0 aliphatic carbocycles. The van der Waals surface area contributed by atoms with Gasteiger partial charge in [0.05, 0.1) is 4.92 Å². The molecule has 0 aliphatic rings. The van der Waals surface area contributed by atoms with E-state index >= 15 is 0 Å². The zero-order valence-corrected chi connectivity index (χ0v) is 13.4. The molecule has 0 saturated carbocycles. The van der Waals surface area contributed by atoms with Gasteiger partial charge in [-0.3, -0.25) is 14.9 Å². The zero-order valence-electron chi connectivity index (χ0n) is 11.8. The second-order valence-electron chi connectivity index (χ2n) is 5.59. The SMILES string of the molecule is C=C(CNC(C)(C)C)Cn1cc(Br)cc([N+](=O)[O-])c1=O. The number of rotatable bonds is 5. The average molecular weight is 344 g/mol. The summed E-state index contributed by atoms with van der Waals surface area (Å²) in [6, 6.07) is 1.20. The molecule has 0 aromatic carbocycles. The van der Waals surface area contributed by atoms with Crippen LogP contribution in [0.1, 0.15) is 20.8 Å². The predicted molar refractivity (Wildman–Crippen MR) is 82.0 cm³/mol. The van der Waals surface area contributed by atoms with Crippen LogP contribution in [0, 0.1) is 10.1 Å². The highest BCUT2D eigenvalue weighted by atomic mass is 79.9. The van der Waals surface area contributed by atoms with Crippen molar-refractivity contribution < 1.29 is 4.92 Å². The van der Waals surface area contributed by atoms with Crippen molar-refractivity contribution in [2.75, 3.05) is 6.54 Å². The van der Waals surface area contributed by atoms with Gasteiger partial charge in [-0.1, -0.05) is 6.58 Å². The van der Waals surface area contributed by atoms with Crippen molar-refractivity contribution in [1.29, 1.82) is 0 Å². The molecule has 20 heavy (non-hydrogen) atoms. The molecule has 0 bridgehead atoms. The van der Waals surface area contributed by atoms with Crippen LogP contribution in [0.3, 0.4) is 0 Å². The molecule has 0 radical (unpaired) electrons. The molecular formula is C13H18BrN3O3. The lowest BCUT2D eigenvalue weighted by Crippen LogP contribution is -2.37. The Morgan fingerprint density at radius 2 is 2.15 bits per heavy atom. The van der Waals surface area contributed by atoms with Crippen molar-refractivity contribution in [2.45, 2.75) is 32.9 Å². The quantitative estimate of drug-likeness (QED) is 0.506. The van der Waals surface area contributed by atoms with E-state index in [9.17, 15) is 14.9 Å². The molecule has 0 atom stereocenters. The maximum atomic E-state index is 11.9. The van der Waals surface area contributed by atoms with Gasteiger partial charge < -0.3 is 9.88 Å². The van der Waals surface area contributed by atoms with Crippen LogP contribution in [-0.4, -0.2) is 21.6 Å². The molecule has 6 nitrogen and oxygen atoms in total. The number of aromatic nitrogens is 1. The summed E-state index contributed by atoms with van der Waals surface area (Å²) < 4.78 is 1.77. The Morgan fingerprint density at radius 1 is 1.55 bits per heavy atom. The fourth-order valence-corrected chi connectivity index (χ4v) is 1.98. The summed E-state index contributed by atoms with van der Waals surface area (Å²) in [6.07, 6.45) is 1.53. The third kappa shape index (κ3) is 4.90. The van der Waals surface area contributed by atoms with E-state index in [-0.39, 0.29) is 12.1 Å². The topological polar surface area (TPSA) is 77.2 Å². The first kappa shape index (κ1) is 16.6. The number of pyridine rings is 1. The van der Waals surface area contributed by atoms with E-state index in [0.29, 0.717) is 11.0 Å². The minimum Gasteiger partial charge on any atom is -0.308 e. The number of nitrogens with zero attached hydrogens (tertiary/aromatic N) is 2. The first-order valence-corrected chi connectivity index (χ1v) is 6.85. The molecule has 0 amide bonds. The largest absolute Gasteiger partial charge is 0.335 e. The van der Waals surface area contributed by atoms with Crippen LogP contribution >= 0.6 is 15.9 Å². The van der Waals surface area contributed by atoms with Crippen molar-refractivity contribution in [3.05, 3.63) is 49.4 Å². The van der Waals surface area contributed by atoms with Gasteiger partial charge in [0.2, 0.25) is 0 Å². The van der Waals surface area contributed by atoms with Crippen LogP contribution in [0.2, 0.25) is 0 Å². The summed E-state index contributed by atoms with van der Waals surface area (Å²) in [7, 11) is 0. The van der Waals surface area contributed by atoms with Crippen LogP contribution < -0.4 is 10.9 Å². The first-order valence-electron chi connectivity index (χ1n) is 6.06. The normalized spacial score (nSPS) is 11.4. The van der Waals surface area contributed by atoms with Crippen LogP contribution in [0.5, 0.6) is 0 Å². The van der Waals surface area contributed by atoms with Gasteiger partial charge in [-0.25, -0.2) is 0 Å². The summed E-state index contributed by atoms with van der Waals surface area (Å²) in [4.78, 5) is 22.1. The van der Waals surface area contributed by atoms with Gasteiger partial charge >= 0.3 is 11.2 Å². The average Bonchev–Trinajstić information content (AvgIpc) is 2.29. The second-order valence-corrected chi connectivity index (χ2v) is 6.50. The van der Waals surface area contributed by atoms with Gasteiger partial charge in [-0.15, -0.1) is 0 Å². The fourth-order valence-electron chi connectivity index (χ4n) is 1.52. The molecule has 0 saturated heterocycles. The Balaban J connectivity index is 2.91. The molecule has 0 aliphatic heterocycles. The van der Waals surface area contributed by atoms with Gasteiger partial charge in [0.25, 0.3) is 0 Å². The Hall–Kier alpha value is -1.47. The highest BCUT2D eigenvalue weighted by Crippen LogP contribution is 2.14. The van der Waals surface area contributed by atoms with E-state index in [2.05, 4.69) is 27.8 Å². The minimum absolute atomic E-state index is 0.0584. The van der Waals surface area contributed by atoms with E-state index in [1.165, 1.54) is 16.8 Å². The maximum absolute atomic E-state index is 11.9. The predicted octanol–water partition coefficient (Wildman–Crippen LogP) is 2.46. The van der Waals surface area contributed by atoms with Crippen LogP contribution in [0.4, 0.5) is 5.69 Å². The number of hydrogen-bond acceptors (Lipinski definition) is 4. The van der Waals surface area contributed by atoms with Gasteiger partial charge in [0.1, 0.15) is 0 Å². The summed E-state index contributed by atoms with van der Waals surface area (Å²) in [5, 5.41) is 14.1. The molecule has 1 rings (SSSR count). The summed E-state index contributed by atoms with van der Waals surface area (Å²) in [5.74, 6) is 0. The monoisotopic (exact) mass is 343 g/mol. The van der Waals surface area contributed by atoms with Crippen molar-refractivity contribution in [3.63, 3.8) is 0 Å². The highest BCUT2D eigenvalue weighted by molar-refractivity contribution is 9.10. The van der Waals surface area contributed by atoms with Crippen LogP contribution in [0.15, 0.2) is 33.7 Å². The number of nitrogens with one attached hydrogen (secondary N) is 1. The standard InChI is InChI=1S/C13H18BrN3O3/c1-9(6-15-13(2,3)4)7-16-8-10(14)5-11(12(16)18)17(19)20/h5,8,15H,1,6-7H2,2-4H3. The second kappa shape index (κ2) is 6.32.